The molecule has 0 aliphatic rings. The third-order valence-corrected chi connectivity index (χ3v) is 2.60. The van der Waals surface area contributed by atoms with E-state index < -0.39 is 22.0 Å². The zero-order valence-electron chi connectivity index (χ0n) is 9.31. The van der Waals surface area contributed by atoms with Gasteiger partial charge in [-0.05, 0) is 12.8 Å². The topological polar surface area (TPSA) is 139 Å². The van der Waals surface area contributed by atoms with Crippen LogP contribution >= 0.6 is 0 Å². The molecule has 5 N–H and O–H groups in total. The van der Waals surface area contributed by atoms with Crippen LogP contribution in [-0.2, 0) is 14.8 Å². The van der Waals surface area contributed by atoms with Gasteiger partial charge >= 0.3 is 12.0 Å². The second-order valence-electron chi connectivity index (χ2n) is 3.40. The highest BCUT2D eigenvalue weighted by molar-refractivity contribution is 7.89. The Kier molecular flexibility index (Phi) is 7.22. The van der Waals surface area contributed by atoms with E-state index in [2.05, 4.69) is 10.6 Å². The van der Waals surface area contributed by atoms with Crippen LogP contribution in [0.1, 0.15) is 19.3 Å². The normalized spacial score (nSPS) is 10.9. The number of carbonyl (C=O) groups excluding carboxylic acids is 1. The lowest BCUT2D eigenvalue weighted by Crippen LogP contribution is -2.37. The van der Waals surface area contributed by atoms with Crippen molar-refractivity contribution in [1.82, 2.24) is 10.6 Å². The first-order valence-corrected chi connectivity index (χ1v) is 6.77. The Hall–Kier alpha value is -1.35. The van der Waals surface area contributed by atoms with Gasteiger partial charge in [0.25, 0.3) is 0 Å². The molecule has 0 fully saturated rings. The Labute approximate surface area is 99.6 Å². The number of nitrogens with one attached hydrogen (secondary N) is 2. The van der Waals surface area contributed by atoms with Crippen molar-refractivity contribution in [2.24, 2.45) is 5.14 Å². The van der Waals surface area contributed by atoms with Gasteiger partial charge in [-0.3, -0.25) is 4.79 Å². The third-order valence-electron chi connectivity index (χ3n) is 1.74. The largest absolute Gasteiger partial charge is 0.481 e. The molecule has 2 amide bonds. The van der Waals surface area contributed by atoms with E-state index >= 15 is 0 Å². The second kappa shape index (κ2) is 7.85. The van der Waals surface area contributed by atoms with Crippen LogP contribution in [-0.4, -0.2) is 44.4 Å². The standard InChI is InChI=1S/C8H17N3O5S/c9-17(15,16)6-2-5-11-8(14)10-4-1-3-7(12)13/h1-6H2,(H,12,13)(H2,9,15,16)(H2,10,11,14). The van der Waals surface area contributed by atoms with E-state index in [-0.39, 0.29) is 31.7 Å². The minimum atomic E-state index is -3.49. The van der Waals surface area contributed by atoms with E-state index in [1.54, 1.807) is 0 Å². The molecule has 0 aromatic rings. The Morgan fingerprint density at radius 3 is 2.12 bits per heavy atom. The minimum Gasteiger partial charge on any atom is -0.481 e. The molecular formula is C8H17N3O5S. The fourth-order valence-electron chi connectivity index (χ4n) is 0.979. The minimum absolute atomic E-state index is 0.00824. The van der Waals surface area contributed by atoms with Gasteiger partial charge in [0.15, 0.2) is 0 Å². The number of rotatable bonds is 8. The summed E-state index contributed by atoms with van der Waals surface area (Å²) in [4.78, 5) is 21.2. The second-order valence-corrected chi connectivity index (χ2v) is 5.13. The molecule has 0 aromatic heterocycles. The van der Waals surface area contributed by atoms with Gasteiger partial charge in [0.2, 0.25) is 10.0 Å². The van der Waals surface area contributed by atoms with Crippen molar-refractivity contribution in [2.45, 2.75) is 19.3 Å². The number of carboxylic acid groups (broad SMARTS) is 1. The summed E-state index contributed by atoms with van der Waals surface area (Å²) in [6.45, 7) is 0.453. The van der Waals surface area contributed by atoms with Crippen LogP contribution in [0.25, 0.3) is 0 Å². The van der Waals surface area contributed by atoms with Crippen molar-refractivity contribution in [3.05, 3.63) is 0 Å². The van der Waals surface area contributed by atoms with Gasteiger partial charge in [-0.25, -0.2) is 18.4 Å². The summed E-state index contributed by atoms with van der Waals surface area (Å²) in [6, 6.07) is -0.454. The maximum Gasteiger partial charge on any atom is 0.314 e. The molecule has 100 valence electrons. The van der Waals surface area contributed by atoms with Crippen LogP contribution in [0.15, 0.2) is 0 Å². The maximum atomic E-state index is 11.1. The van der Waals surface area contributed by atoms with Crippen LogP contribution in [0.5, 0.6) is 0 Å². The molecule has 0 atom stereocenters. The third kappa shape index (κ3) is 12.6. The summed E-state index contributed by atoms with van der Waals surface area (Å²) in [7, 11) is -3.49. The summed E-state index contributed by atoms with van der Waals surface area (Å²) < 4.78 is 21.1. The molecule has 0 aromatic carbocycles. The molecule has 0 aliphatic heterocycles. The van der Waals surface area contributed by atoms with Crippen LogP contribution in [0.2, 0.25) is 0 Å². The van der Waals surface area contributed by atoms with Crippen molar-refractivity contribution in [2.75, 3.05) is 18.8 Å². The Bertz CT molecular complexity index is 354. The molecule has 0 unspecified atom stereocenters. The van der Waals surface area contributed by atoms with Gasteiger partial charge in [0.1, 0.15) is 0 Å². The van der Waals surface area contributed by atoms with Crippen LogP contribution in [0.3, 0.4) is 0 Å². The molecule has 0 aliphatic carbocycles. The number of amides is 2. The number of carbonyl (C=O) groups is 2. The van der Waals surface area contributed by atoms with Gasteiger partial charge < -0.3 is 15.7 Å². The molecule has 0 heterocycles. The number of carboxylic acids is 1. The van der Waals surface area contributed by atoms with Crippen molar-refractivity contribution < 1.29 is 23.1 Å². The Morgan fingerprint density at radius 1 is 1.12 bits per heavy atom. The zero-order valence-corrected chi connectivity index (χ0v) is 10.1. The Morgan fingerprint density at radius 2 is 1.65 bits per heavy atom. The van der Waals surface area contributed by atoms with Crippen LogP contribution in [0.4, 0.5) is 4.79 Å². The van der Waals surface area contributed by atoms with Crippen LogP contribution in [0, 0.1) is 0 Å². The number of urea groups is 1. The van der Waals surface area contributed by atoms with E-state index in [1.165, 1.54) is 0 Å². The number of hydrogen-bond acceptors (Lipinski definition) is 4. The average molecular weight is 267 g/mol. The first-order chi connectivity index (χ1) is 7.81. The van der Waals surface area contributed by atoms with Crippen molar-refractivity contribution >= 4 is 22.0 Å². The van der Waals surface area contributed by atoms with Crippen molar-refractivity contribution in [3.8, 4) is 0 Å². The molecule has 0 saturated carbocycles. The lowest BCUT2D eigenvalue weighted by Gasteiger charge is -2.06. The van der Waals surface area contributed by atoms with Crippen molar-refractivity contribution in [1.29, 1.82) is 0 Å². The van der Waals surface area contributed by atoms with E-state index in [1.807, 2.05) is 0 Å². The molecule has 0 bridgehead atoms. The van der Waals surface area contributed by atoms with E-state index in [4.69, 9.17) is 10.2 Å². The summed E-state index contributed by atoms with van der Waals surface area (Å²) in [5, 5.41) is 18.0. The highest BCUT2D eigenvalue weighted by Gasteiger charge is 2.03. The fourth-order valence-corrected chi connectivity index (χ4v) is 1.53. The molecule has 17 heavy (non-hydrogen) atoms. The highest BCUT2D eigenvalue weighted by Crippen LogP contribution is 1.86. The van der Waals surface area contributed by atoms with E-state index in [0.29, 0.717) is 6.42 Å². The van der Waals surface area contributed by atoms with Gasteiger partial charge in [0.05, 0.1) is 5.75 Å². The van der Waals surface area contributed by atoms with Gasteiger partial charge in [-0.2, -0.15) is 0 Å². The Balaban J connectivity index is 3.44. The number of nitrogens with two attached hydrogens (primary N) is 1. The first-order valence-electron chi connectivity index (χ1n) is 5.05. The number of aliphatic carboxylic acids is 1. The van der Waals surface area contributed by atoms with Gasteiger partial charge in [-0.15, -0.1) is 0 Å². The lowest BCUT2D eigenvalue weighted by molar-refractivity contribution is -0.137. The summed E-state index contributed by atoms with van der Waals surface area (Å²) in [5.74, 6) is -1.10. The van der Waals surface area contributed by atoms with Gasteiger partial charge in [0, 0.05) is 19.5 Å². The van der Waals surface area contributed by atoms with E-state index in [0.717, 1.165) is 0 Å². The predicted molar refractivity (Wildman–Crippen MR) is 60.9 cm³/mol. The summed E-state index contributed by atoms with van der Waals surface area (Å²) in [5.41, 5.74) is 0. The van der Waals surface area contributed by atoms with Crippen LogP contribution < -0.4 is 15.8 Å². The SMILES string of the molecule is NS(=O)(=O)CCCNC(=O)NCCCC(=O)O. The van der Waals surface area contributed by atoms with Gasteiger partial charge in [-0.1, -0.05) is 0 Å². The molecular weight excluding hydrogens is 250 g/mol. The molecule has 0 saturated heterocycles. The fraction of sp³-hybridized carbons (Fsp3) is 0.750. The molecule has 0 rings (SSSR count). The van der Waals surface area contributed by atoms with Crippen molar-refractivity contribution in [3.63, 3.8) is 0 Å². The quantitative estimate of drug-likeness (QED) is 0.410. The maximum absolute atomic E-state index is 11.1. The number of hydrogen-bond donors (Lipinski definition) is 4. The number of sulfonamides is 1. The summed E-state index contributed by atoms with van der Waals surface area (Å²) >= 11 is 0. The predicted octanol–water partition coefficient (Wildman–Crippen LogP) is -1.17. The molecule has 0 spiro atoms. The molecule has 9 heteroatoms. The monoisotopic (exact) mass is 267 g/mol. The average Bonchev–Trinajstić information content (AvgIpc) is 2.18. The van der Waals surface area contributed by atoms with E-state index in [9.17, 15) is 18.0 Å². The molecule has 0 radical (unpaired) electrons. The lowest BCUT2D eigenvalue weighted by atomic mass is 10.3. The first kappa shape index (κ1) is 15.7. The zero-order chi connectivity index (χ0) is 13.3. The highest BCUT2D eigenvalue weighted by atomic mass is 32.2. The molecule has 8 nitrogen and oxygen atoms in total. The summed E-state index contributed by atoms with van der Waals surface area (Å²) in [6.07, 6.45) is 0.576. The number of primary sulfonamides is 1. The smallest absolute Gasteiger partial charge is 0.314 e.